The van der Waals surface area contributed by atoms with Crippen LogP contribution in [0.2, 0.25) is 0 Å². The van der Waals surface area contributed by atoms with Crippen molar-refractivity contribution in [3.05, 3.63) is 17.5 Å². The fourth-order valence-corrected chi connectivity index (χ4v) is 1.72. The molecule has 0 aromatic carbocycles. The van der Waals surface area contributed by atoms with E-state index >= 15 is 0 Å². The van der Waals surface area contributed by atoms with Crippen LogP contribution in [-0.4, -0.2) is 27.4 Å². The molecule has 5 heteroatoms. The zero-order valence-electron chi connectivity index (χ0n) is 10.9. The van der Waals surface area contributed by atoms with E-state index in [0.717, 1.165) is 11.3 Å². The normalized spacial score (nSPS) is 11.8. The second kappa shape index (κ2) is 5.31. The molecule has 2 N–H and O–H groups in total. The highest BCUT2D eigenvalue weighted by Gasteiger charge is 2.21. The van der Waals surface area contributed by atoms with E-state index in [4.69, 9.17) is 5.11 Å². The van der Waals surface area contributed by atoms with Crippen molar-refractivity contribution in [1.82, 2.24) is 15.1 Å². The van der Waals surface area contributed by atoms with Gasteiger partial charge in [-0.25, -0.2) is 0 Å². The van der Waals surface area contributed by atoms with Crippen LogP contribution in [0.5, 0.6) is 0 Å². The van der Waals surface area contributed by atoms with Crippen LogP contribution in [0.15, 0.2) is 6.20 Å². The molecule has 0 fully saturated rings. The van der Waals surface area contributed by atoms with Gasteiger partial charge in [-0.2, -0.15) is 5.10 Å². The fraction of sp³-hybridized carbons (Fsp3) is 0.667. The number of carboxylic acids is 1. The number of nitrogens with one attached hydrogen (secondary N) is 1. The summed E-state index contributed by atoms with van der Waals surface area (Å²) in [5, 5.41) is 16.1. The van der Waals surface area contributed by atoms with Gasteiger partial charge in [0.1, 0.15) is 0 Å². The third-order valence-electron chi connectivity index (χ3n) is 2.45. The minimum atomic E-state index is -0.778. The first-order valence-corrected chi connectivity index (χ1v) is 5.76. The second-order valence-corrected chi connectivity index (χ2v) is 5.25. The molecule has 0 saturated heterocycles. The summed E-state index contributed by atoms with van der Waals surface area (Å²) in [5.74, 6) is -0.778. The Balaban J connectivity index is 2.61. The number of carboxylic acid groups (broad SMARTS) is 1. The maximum Gasteiger partial charge on any atom is 0.304 e. The first kappa shape index (κ1) is 13.7. The van der Waals surface area contributed by atoms with E-state index in [-0.39, 0.29) is 11.8 Å². The number of aromatic nitrogens is 2. The van der Waals surface area contributed by atoms with E-state index in [2.05, 4.69) is 31.2 Å². The Bertz CT molecular complexity index is 391. The van der Waals surface area contributed by atoms with Crippen LogP contribution in [0.1, 0.15) is 38.4 Å². The Hall–Kier alpha value is -1.36. The molecule has 0 atom stereocenters. The number of carbonyl (C=O) groups is 1. The van der Waals surface area contributed by atoms with Crippen LogP contribution in [0.3, 0.4) is 0 Å². The van der Waals surface area contributed by atoms with Gasteiger partial charge in [0.15, 0.2) is 0 Å². The average molecular weight is 239 g/mol. The Labute approximate surface area is 102 Å². The van der Waals surface area contributed by atoms with Crippen molar-refractivity contribution in [2.75, 3.05) is 6.54 Å². The standard InChI is InChI=1S/C12H21N3O2/c1-12(2,3)11-9(8-15(4)14-11)7-13-6-5-10(16)17/h8,13H,5-7H2,1-4H3,(H,16,17). The average Bonchev–Trinajstić information content (AvgIpc) is 2.53. The first-order valence-electron chi connectivity index (χ1n) is 5.76. The smallest absolute Gasteiger partial charge is 0.304 e. The van der Waals surface area contributed by atoms with Crippen LogP contribution in [-0.2, 0) is 23.8 Å². The number of aryl methyl sites for hydroxylation is 1. The predicted octanol–water partition coefficient (Wildman–Crippen LogP) is 1.28. The number of hydrogen-bond donors (Lipinski definition) is 2. The molecule has 0 aliphatic carbocycles. The molecule has 5 nitrogen and oxygen atoms in total. The first-order chi connectivity index (χ1) is 7.80. The van der Waals surface area contributed by atoms with E-state index in [1.54, 1.807) is 4.68 Å². The van der Waals surface area contributed by atoms with Crippen LogP contribution in [0.25, 0.3) is 0 Å². The molecule has 0 radical (unpaired) electrons. The van der Waals surface area contributed by atoms with Crippen molar-refractivity contribution >= 4 is 5.97 Å². The lowest BCUT2D eigenvalue weighted by Crippen LogP contribution is -2.21. The van der Waals surface area contributed by atoms with E-state index < -0.39 is 5.97 Å². The van der Waals surface area contributed by atoms with Gasteiger partial charge in [-0.15, -0.1) is 0 Å². The SMILES string of the molecule is Cn1cc(CNCCC(=O)O)c(C(C)(C)C)n1. The van der Waals surface area contributed by atoms with E-state index in [1.807, 2.05) is 13.2 Å². The summed E-state index contributed by atoms with van der Waals surface area (Å²) >= 11 is 0. The van der Waals surface area contributed by atoms with Crippen molar-refractivity contribution in [2.45, 2.75) is 39.2 Å². The van der Waals surface area contributed by atoms with Gasteiger partial charge in [0.05, 0.1) is 12.1 Å². The number of aliphatic carboxylic acids is 1. The van der Waals surface area contributed by atoms with Gasteiger partial charge in [-0.1, -0.05) is 20.8 Å². The topological polar surface area (TPSA) is 67.2 Å². The predicted molar refractivity (Wildman–Crippen MR) is 65.9 cm³/mol. The third kappa shape index (κ3) is 4.19. The molecule has 0 spiro atoms. The minimum Gasteiger partial charge on any atom is -0.481 e. The summed E-state index contributed by atoms with van der Waals surface area (Å²) in [6.07, 6.45) is 2.12. The van der Waals surface area contributed by atoms with Crippen molar-refractivity contribution in [1.29, 1.82) is 0 Å². The van der Waals surface area contributed by atoms with Gasteiger partial charge in [-0.3, -0.25) is 9.48 Å². The van der Waals surface area contributed by atoms with Gasteiger partial charge < -0.3 is 10.4 Å². The maximum atomic E-state index is 10.4. The lowest BCUT2D eigenvalue weighted by molar-refractivity contribution is -0.136. The molecule has 0 amide bonds. The lowest BCUT2D eigenvalue weighted by atomic mass is 9.89. The van der Waals surface area contributed by atoms with Gasteiger partial charge >= 0.3 is 5.97 Å². The molecule has 0 aliphatic heterocycles. The lowest BCUT2D eigenvalue weighted by Gasteiger charge is -2.17. The Morgan fingerprint density at radius 1 is 1.53 bits per heavy atom. The molecule has 1 rings (SSSR count). The number of hydrogen-bond acceptors (Lipinski definition) is 3. The zero-order valence-corrected chi connectivity index (χ0v) is 10.9. The zero-order chi connectivity index (χ0) is 13.1. The molecule has 0 bridgehead atoms. The molecule has 1 aromatic heterocycles. The third-order valence-corrected chi connectivity index (χ3v) is 2.45. The maximum absolute atomic E-state index is 10.4. The van der Waals surface area contributed by atoms with E-state index in [1.165, 1.54) is 0 Å². The summed E-state index contributed by atoms with van der Waals surface area (Å²) in [7, 11) is 1.90. The molecule has 96 valence electrons. The Kier molecular flexibility index (Phi) is 4.28. The van der Waals surface area contributed by atoms with Crippen molar-refractivity contribution in [3.63, 3.8) is 0 Å². The van der Waals surface area contributed by atoms with E-state index in [9.17, 15) is 4.79 Å². The highest BCUT2D eigenvalue weighted by molar-refractivity contribution is 5.66. The van der Waals surface area contributed by atoms with Crippen LogP contribution < -0.4 is 5.32 Å². The van der Waals surface area contributed by atoms with Crippen LogP contribution in [0.4, 0.5) is 0 Å². The number of rotatable bonds is 5. The van der Waals surface area contributed by atoms with Gasteiger partial charge in [0, 0.05) is 37.3 Å². The van der Waals surface area contributed by atoms with Gasteiger partial charge in [-0.05, 0) is 0 Å². The number of nitrogens with zero attached hydrogens (tertiary/aromatic N) is 2. The molecular formula is C12H21N3O2. The van der Waals surface area contributed by atoms with Crippen molar-refractivity contribution < 1.29 is 9.90 Å². The molecule has 0 unspecified atom stereocenters. The molecule has 1 heterocycles. The van der Waals surface area contributed by atoms with Crippen LogP contribution in [0, 0.1) is 0 Å². The van der Waals surface area contributed by atoms with Crippen molar-refractivity contribution in [2.24, 2.45) is 7.05 Å². The molecule has 17 heavy (non-hydrogen) atoms. The van der Waals surface area contributed by atoms with Crippen LogP contribution >= 0.6 is 0 Å². The largest absolute Gasteiger partial charge is 0.481 e. The second-order valence-electron chi connectivity index (χ2n) is 5.25. The monoisotopic (exact) mass is 239 g/mol. The summed E-state index contributed by atoms with van der Waals surface area (Å²) < 4.78 is 1.80. The van der Waals surface area contributed by atoms with E-state index in [0.29, 0.717) is 13.1 Å². The van der Waals surface area contributed by atoms with Crippen molar-refractivity contribution in [3.8, 4) is 0 Å². The summed E-state index contributed by atoms with van der Waals surface area (Å²) in [6, 6.07) is 0. The Morgan fingerprint density at radius 2 is 2.18 bits per heavy atom. The highest BCUT2D eigenvalue weighted by atomic mass is 16.4. The summed E-state index contributed by atoms with van der Waals surface area (Å²) in [4.78, 5) is 10.4. The quantitative estimate of drug-likeness (QED) is 0.760. The Morgan fingerprint density at radius 3 is 2.71 bits per heavy atom. The minimum absolute atomic E-state index is 0.00503. The van der Waals surface area contributed by atoms with Gasteiger partial charge in [0.25, 0.3) is 0 Å². The molecular weight excluding hydrogens is 218 g/mol. The summed E-state index contributed by atoms with van der Waals surface area (Å²) in [5.41, 5.74) is 2.19. The summed E-state index contributed by atoms with van der Waals surface area (Å²) in [6.45, 7) is 7.50. The molecule has 0 saturated carbocycles. The fourth-order valence-electron chi connectivity index (χ4n) is 1.72. The molecule has 0 aliphatic rings. The van der Waals surface area contributed by atoms with Gasteiger partial charge in [0.2, 0.25) is 0 Å². The highest BCUT2D eigenvalue weighted by Crippen LogP contribution is 2.23. The molecule has 1 aromatic rings.